The minimum Gasteiger partial charge on any atom is -0.432 e. The predicted octanol–water partition coefficient (Wildman–Crippen LogP) is -3.14. The minimum absolute atomic E-state index is 0. The number of methoxy groups -OCH3 is 1. The van der Waals surface area contributed by atoms with E-state index >= 15 is 0 Å². The summed E-state index contributed by atoms with van der Waals surface area (Å²) in [6, 6.07) is 0. The normalized spacial score (nSPS) is 11.1. The maximum atomic E-state index is 12.1. The molecule has 104 valence electrons. The van der Waals surface area contributed by atoms with Crippen molar-refractivity contribution >= 4 is 11.2 Å². The van der Waals surface area contributed by atoms with Gasteiger partial charge in [-0.25, -0.2) is 4.79 Å². The summed E-state index contributed by atoms with van der Waals surface area (Å²) in [5.74, 6) is 0.679. The molecule has 2 aromatic rings. The van der Waals surface area contributed by atoms with Crippen LogP contribution >= 0.6 is 0 Å². The van der Waals surface area contributed by atoms with Gasteiger partial charge in [-0.15, -0.1) is 0 Å². The SMILES string of the molecule is COCc1nc2c([n-]1)c(=O)n(C)c(=O)n2CC(C)C.[Na+]. The Morgan fingerprint density at radius 3 is 2.55 bits per heavy atom. The Hall–Kier alpha value is -0.890. The van der Waals surface area contributed by atoms with Crippen LogP contribution in [-0.4, -0.2) is 21.2 Å². The summed E-state index contributed by atoms with van der Waals surface area (Å²) >= 11 is 0. The summed E-state index contributed by atoms with van der Waals surface area (Å²) < 4.78 is 7.52. The van der Waals surface area contributed by atoms with Crippen molar-refractivity contribution in [2.24, 2.45) is 13.0 Å². The summed E-state index contributed by atoms with van der Waals surface area (Å²) in [4.78, 5) is 32.5. The third-order valence-corrected chi connectivity index (χ3v) is 2.79. The number of rotatable bonds is 4. The zero-order chi connectivity index (χ0) is 14.2. The van der Waals surface area contributed by atoms with Crippen LogP contribution in [0.15, 0.2) is 9.59 Å². The van der Waals surface area contributed by atoms with Gasteiger partial charge in [-0.3, -0.25) is 13.9 Å². The predicted molar refractivity (Wildman–Crippen MR) is 70.1 cm³/mol. The second-order valence-corrected chi connectivity index (χ2v) is 4.90. The molecule has 2 rings (SSSR count). The van der Waals surface area contributed by atoms with E-state index < -0.39 is 5.56 Å². The first-order valence-electron chi connectivity index (χ1n) is 6.07. The number of fused-ring (bicyclic) bond motifs is 1. The van der Waals surface area contributed by atoms with Crippen LogP contribution in [0.2, 0.25) is 0 Å². The summed E-state index contributed by atoms with van der Waals surface area (Å²) in [7, 11) is 2.98. The molecule has 0 bridgehead atoms. The number of hydrogen-bond acceptors (Lipinski definition) is 4. The average molecular weight is 288 g/mol. The maximum absolute atomic E-state index is 12.1. The topological polar surface area (TPSA) is 80.2 Å². The van der Waals surface area contributed by atoms with Crippen LogP contribution < -0.4 is 45.8 Å². The van der Waals surface area contributed by atoms with Gasteiger partial charge in [0, 0.05) is 31.9 Å². The Kier molecular flexibility index (Phi) is 5.76. The smallest absolute Gasteiger partial charge is 0.432 e. The van der Waals surface area contributed by atoms with Crippen molar-refractivity contribution < 1.29 is 34.3 Å². The molecule has 0 N–H and O–H groups in total. The number of ether oxygens (including phenoxy) is 1. The third-order valence-electron chi connectivity index (χ3n) is 2.79. The Morgan fingerprint density at radius 1 is 1.35 bits per heavy atom. The van der Waals surface area contributed by atoms with Crippen molar-refractivity contribution in [1.29, 1.82) is 0 Å². The molecule has 0 spiro atoms. The van der Waals surface area contributed by atoms with Gasteiger partial charge in [-0.05, 0) is 5.92 Å². The molecule has 0 saturated heterocycles. The van der Waals surface area contributed by atoms with Crippen molar-refractivity contribution in [1.82, 2.24) is 19.1 Å². The molecule has 2 aromatic heterocycles. The van der Waals surface area contributed by atoms with Gasteiger partial charge in [0.1, 0.15) is 0 Å². The van der Waals surface area contributed by atoms with E-state index in [0.29, 0.717) is 18.0 Å². The molecule has 0 unspecified atom stereocenters. The molecule has 0 aromatic carbocycles. The van der Waals surface area contributed by atoms with Crippen LogP contribution in [0, 0.1) is 5.92 Å². The molecule has 8 heteroatoms. The second-order valence-electron chi connectivity index (χ2n) is 4.90. The van der Waals surface area contributed by atoms with E-state index in [2.05, 4.69) is 9.97 Å². The van der Waals surface area contributed by atoms with Crippen LogP contribution in [0.1, 0.15) is 19.7 Å². The zero-order valence-electron chi connectivity index (χ0n) is 12.5. The Morgan fingerprint density at radius 2 is 2.00 bits per heavy atom. The van der Waals surface area contributed by atoms with Crippen LogP contribution in [0.5, 0.6) is 0 Å². The van der Waals surface area contributed by atoms with Gasteiger partial charge in [0.15, 0.2) is 0 Å². The van der Waals surface area contributed by atoms with Crippen molar-refractivity contribution in [3.63, 3.8) is 0 Å². The number of nitrogens with zero attached hydrogens (tertiary/aromatic N) is 4. The number of hydrogen-bond donors (Lipinski definition) is 0. The molecular weight excluding hydrogens is 271 g/mol. The number of aromatic nitrogens is 4. The quantitative estimate of drug-likeness (QED) is 0.555. The fourth-order valence-corrected chi connectivity index (χ4v) is 1.95. The van der Waals surface area contributed by atoms with E-state index in [4.69, 9.17) is 4.74 Å². The first-order chi connectivity index (χ1) is 8.95. The van der Waals surface area contributed by atoms with Crippen LogP contribution in [-0.2, 0) is 24.9 Å². The molecule has 0 atom stereocenters. The van der Waals surface area contributed by atoms with Gasteiger partial charge >= 0.3 is 35.2 Å². The van der Waals surface area contributed by atoms with Gasteiger partial charge in [-0.1, -0.05) is 19.7 Å². The van der Waals surface area contributed by atoms with Crippen molar-refractivity contribution in [3.05, 3.63) is 26.7 Å². The average Bonchev–Trinajstić information content (AvgIpc) is 2.76. The zero-order valence-corrected chi connectivity index (χ0v) is 14.5. The van der Waals surface area contributed by atoms with Gasteiger partial charge in [0.2, 0.25) is 0 Å². The van der Waals surface area contributed by atoms with Crippen LogP contribution in [0.25, 0.3) is 11.2 Å². The minimum atomic E-state index is -0.421. The van der Waals surface area contributed by atoms with Gasteiger partial charge in [-0.2, -0.15) is 0 Å². The summed E-state index contributed by atoms with van der Waals surface area (Å²) in [5.41, 5.74) is -0.228. The van der Waals surface area contributed by atoms with E-state index in [1.165, 1.54) is 18.7 Å². The third kappa shape index (κ3) is 3.06. The molecule has 20 heavy (non-hydrogen) atoms. The van der Waals surface area contributed by atoms with Gasteiger partial charge in [0.05, 0.1) is 6.61 Å². The molecule has 7 nitrogen and oxygen atoms in total. The first-order valence-corrected chi connectivity index (χ1v) is 6.07. The van der Waals surface area contributed by atoms with Crippen molar-refractivity contribution in [2.45, 2.75) is 27.0 Å². The molecule has 0 amide bonds. The monoisotopic (exact) mass is 288 g/mol. The molecule has 0 saturated carbocycles. The van der Waals surface area contributed by atoms with Gasteiger partial charge < -0.3 is 14.7 Å². The molecule has 0 aliphatic carbocycles. The van der Waals surface area contributed by atoms with Gasteiger partial charge in [0.25, 0.3) is 5.56 Å². The maximum Gasteiger partial charge on any atom is 1.00 e. The van der Waals surface area contributed by atoms with E-state index in [-0.39, 0.29) is 53.3 Å². The second kappa shape index (κ2) is 6.71. The van der Waals surface area contributed by atoms with Crippen LogP contribution in [0.3, 0.4) is 0 Å². The van der Waals surface area contributed by atoms with Crippen molar-refractivity contribution in [2.75, 3.05) is 7.11 Å². The van der Waals surface area contributed by atoms with E-state index in [1.807, 2.05) is 13.8 Å². The fraction of sp³-hybridized carbons (Fsp3) is 0.583. The Bertz CT molecular complexity index is 714. The summed E-state index contributed by atoms with van der Waals surface area (Å²) in [6.45, 7) is 4.70. The Labute approximate surface area is 138 Å². The largest absolute Gasteiger partial charge is 1.00 e. The van der Waals surface area contributed by atoms with Crippen LogP contribution in [0.4, 0.5) is 0 Å². The standard InChI is InChI=1S/C12H18N4O3.Na/c1-7(2)5-16-10-9(11(17)15(3)12(16)18)13-8(14-10)6-19-4;/h7H,5-6H2,1-4H3,(H,13,14,17);/q;+1/p-1. The molecular formula is C12H17N4NaO3. The summed E-state index contributed by atoms with van der Waals surface area (Å²) in [5, 5.41) is 0. The summed E-state index contributed by atoms with van der Waals surface area (Å²) in [6.07, 6.45) is 0. The molecule has 0 aliphatic rings. The fourth-order valence-electron chi connectivity index (χ4n) is 1.95. The number of imidazole rings is 1. The Balaban J connectivity index is 0.00000200. The van der Waals surface area contributed by atoms with Crippen molar-refractivity contribution in [3.8, 4) is 0 Å². The van der Waals surface area contributed by atoms with E-state index in [0.717, 1.165) is 4.57 Å². The molecule has 0 radical (unpaired) electrons. The van der Waals surface area contributed by atoms with E-state index in [1.54, 1.807) is 0 Å². The van der Waals surface area contributed by atoms with E-state index in [9.17, 15) is 9.59 Å². The first kappa shape index (κ1) is 17.2. The molecule has 0 aliphatic heterocycles. The molecule has 0 fully saturated rings. The molecule has 2 heterocycles.